The molecule has 1 aromatic heterocycles. The van der Waals surface area contributed by atoms with Crippen molar-refractivity contribution in [3.05, 3.63) is 48.1 Å². The molecule has 0 radical (unpaired) electrons. The van der Waals surface area contributed by atoms with Gasteiger partial charge in [0, 0.05) is 12.4 Å². The van der Waals surface area contributed by atoms with Crippen LogP contribution in [-0.4, -0.2) is 27.6 Å². The predicted molar refractivity (Wildman–Crippen MR) is 86.7 cm³/mol. The number of ketones is 1. The smallest absolute Gasteiger partial charge is 0.204 e. The molecule has 0 spiro atoms. The van der Waals surface area contributed by atoms with E-state index in [9.17, 15) is 9.59 Å². The molecule has 0 amide bonds. The molecule has 2 unspecified atom stereocenters. The van der Waals surface area contributed by atoms with Crippen molar-refractivity contribution >= 4 is 12.1 Å². The van der Waals surface area contributed by atoms with Gasteiger partial charge in [-0.3, -0.25) is 9.59 Å². The molecule has 2 rings (SSSR count). The topological polar surface area (TPSA) is 69.2 Å². The Morgan fingerprint density at radius 1 is 1.30 bits per heavy atom. The van der Waals surface area contributed by atoms with Gasteiger partial charge in [-0.15, -0.1) is 0 Å². The zero-order valence-corrected chi connectivity index (χ0v) is 13.6. The molecule has 2 atom stereocenters. The SMILES string of the molecule is CCCCCC(OC1(C=O)C=CC(C)=CC1=O)c1ncccn1. The zero-order chi connectivity index (χ0) is 16.7. The van der Waals surface area contributed by atoms with E-state index in [2.05, 4.69) is 16.9 Å². The number of hydrogen-bond acceptors (Lipinski definition) is 5. The van der Waals surface area contributed by atoms with Gasteiger partial charge < -0.3 is 4.74 Å². The number of ether oxygens (including phenoxy) is 1. The molecule has 1 aliphatic carbocycles. The molecule has 0 bridgehead atoms. The van der Waals surface area contributed by atoms with E-state index < -0.39 is 11.7 Å². The molecule has 0 saturated heterocycles. The van der Waals surface area contributed by atoms with Crippen LogP contribution in [0.4, 0.5) is 0 Å². The molecular weight excluding hydrogens is 292 g/mol. The monoisotopic (exact) mass is 314 g/mol. The Balaban J connectivity index is 2.23. The summed E-state index contributed by atoms with van der Waals surface area (Å²) < 4.78 is 5.95. The van der Waals surface area contributed by atoms with Crippen LogP contribution in [0.1, 0.15) is 51.5 Å². The van der Waals surface area contributed by atoms with Crippen LogP contribution >= 0.6 is 0 Å². The van der Waals surface area contributed by atoms with Crippen molar-refractivity contribution in [3.8, 4) is 0 Å². The van der Waals surface area contributed by atoms with E-state index in [1.807, 2.05) is 6.92 Å². The van der Waals surface area contributed by atoms with Crippen LogP contribution in [0.25, 0.3) is 0 Å². The van der Waals surface area contributed by atoms with Crippen LogP contribution in [-0.2, 0) is 14.3 Å². The minimum absolute atomic E-state index is 0.357. The van der Waals surface area contributed by atoms with Gasteiger partial charge in [-0.25, -0.2) is 9.97 Å². The van der Waals surface area contributed by atoms with E-state index in [1.165, 1.54) is 12.2 Å². The van der Waals surface area contributed by atoms with Gasteiger partial charge >= 0.3 is 0 Å². The molecule has 0 aromatic carbocycles. The van der Waals surface area contributed by atoms with Crippen molar-refractivity contribution in [2.45, 2.75) is 51.2 Å². The first-order valence-electron chi connectivity index (χ1n) is 7.94. The van der Waals surface area contributed by atoms with E-state index in [0.29, 0.717) is 18.5 Å². The summed E-state index contributed by atoms with van der Waals surface area (Å²) in [4.78, 5) is 32.4. The summed E-state index contributed by atoms with van der Waals surface area (Å²) in [6, 6.07) is 1.72. The number of aromatic nitrogens is 2. The number of unbranched alkanes of at least 4 members (excludes halogenated alkanes) is 2. The lowest BCUT2D eigenvalue weighted by Gasteiger charge is -2.29. The Labute approximate surface area is 136 Å². The van der Waals surface area contributed by atoms with Gasteiger partial charge in [0.05, 0.1) is 0 Å². The summed E-state index contributed by atoms with van der Waals surface area (Å²) in [7, 11) is 0. The second kappa shape index (κ2) is 7.92. The first-order chi connectivity index (χ1) is 11.1. The summed E-state index contributed by atoms with van der Waals surface area (Å²) in [6.07, 6.45) is 11.7. The first kappa shape index (κ1) is 17.2. The Morgan fingerprint density at radius 3 is 2.65 bits per heavy atom. The van der Waals surface area contributed by atoms with Crippen molar-refractivity contribution in [2.24, 2.45) is 0 Å². The summed E-state index contributed by atoms with van der Waals surface area (Å²) >= 11 is 0. The van der Waals surface area contributed by atoms with Crippen LogP contribution < -0.4 is 0 Å². The van der Waals surface area contributed by atoms with E-state index in [0.717, 1.165) is 24.8 Å². The third-order valence-corrected chi connectivity index (χ3v) is 3.79. The van der Waals surface area contributed by atoms with Crippen LogP contribution in [0.5, 0.6) is 0 Å². The van der Waals surface area contributed by atoms with Crippen LogP contribution in [0.2, 0.25) is 0 Å². The summed E-state index contributed by atoms with van der Waals surface area (Å²) in [5, 5.41) is 0. The molecule has 1 aliphatic rings. The number of rotatable bonds is 8. The third kappa shape index (κ3) is 4.20. The number of aldehydes is 1. The minimum atomic E-state index is -1.57. The average molecular weight is 314 g/mol. The maximum atomic E-state index is 12.3. The van der Waals surface area contributed by atoms with Crippen molar-refractivity contribution in [1.29, 1.82) is 0 Å². The molecule has 23 heavy (non-hydrogen) atoms. The Morgan fingerprint density at radius 2 is 2.04 bits per heavy atom. The normalized spacial score (nSPS) is 21.8. The highest BCUT2D eigenvalue weighted by molar-refractivity contribution is 6.11. The highest BCUT2D eigenvalue weighted by Gasteiger charge is 2.40. The molecule has 0 aliphatic heterocycles. The largest absolute Gasteiger partial charge is 0.344 e. The predicted octanol–water partition coefficient (Wildman–Crippen LogP) is 3.14. The second-order valence-electron chi connectivity index (χ2n) is 5.71. The van der Waals surface area contributed by atoms with Gasteiger partial charge in [0.2, 0.25) is 5.60 Å². The molecule has 0 fully saturated rings. The van der Waals surface area contributed by atoms with Crippen LogP contribution in [0, 0.1) is 0 Å². The summed E-state index contributed by atoms with van der Waals surface area (Å²) in [5.41, 5.74) is -0.773. The van der Waals surface area contributed by atoms with Crippen molar-refractivity contribution < 1.29 is 14.3 Å². The number of carbonyl (C=O) groups is 2. The van der Waals surface area contributed by atoms with Crippen molar-refractivity contribution in [2.75, 3.05) is 0 Å². The quantitative estimate of drug-likeness (QED) is 0.419. The average Bonchev–Trinajstić information content (AvgIpc) is 2.57. The molecular formula is C18H22N2O3. The Bertz CT molecular complexity index is 610. The highest BCUT2D eigenvalue weighted by Crippen LogP contribution is 2.30. The molecule has 122 valence electrons. The fourth-order valence-corrected chi connectivity index (χ4v) is 2.46. The van der Waals surface area contributed by atoms with Gasteiger partial charge in [0.15, 0.2) is 17.9 Å². The lowest BCUT2D eigenvalue weighted by atomic mass is 9.91. The fourth-order valence-electron chi connectivity index (χ4n) is 2.46. The van der Waals surface area contributed by atoms with Gasteiger partial charge in [-0.2, -0.15) is 0 Å². The summed E-state index contributed by atoms with van der Waals surface area (Å²) in [5.74, 6) is 0.140. The number of nitrogens with zero attached hydrogens (tertiary/aromatic N) is 2. The molecule has 5 nitrogen and oxygen atoms in total. The number of hydrogen-bond donors (Lipinski definition) is 0. The van der Waals surface area contributed by atoms with E-state index in [1.54, 1.807) is 24.5 Å². The highest BCUT2D eigenvalue weighted by atomic mass is 16.5. The number of allylic oxidation sites excluding steroid dienone is 2. The maximum absolute atomic E-state index is 12.3. The van der Waals surface area contributed by atoms with E-state index in [4.69, 9.17) is 4.74 Å². The van der Waals surface area contributed by atoms with Crippen molar-refractivity contribution in [1.82, 2.24) is 9.97 Å². The van der Waals surface area contributed by atoms with Crippen LogP contribution in [0.3, 0.4) is 0 Å². The summed E-state index contributed by atoms with van der Waals surface area (Å²) in [6.45, 7) is 3.92. The molecule has 1 aromatic rings. The van der Waals surface area contributed by atoms with E-state index in [-0.39, 0.29) is 5.78 Å². The first-order valence-corrected chi connectivity index (χ1v) is 7.94. The van der Waals surface area contributed by atoms with E-state index >= 15 is 0 Å². The third-order valence-electron chi connectivity index (χ3n) is 3.79. The Hall–Kier alpha value is -2.14. The lowest BCUT2D eigenvalue weighted by molar-refractivity contribution is -0.149. The molecule has 0 saturated carbocycles. The van der Waals surface area contributed by atoms with Gasteiger partial charge in [-0.1, -0.05) is 32.3 Å². The van der Waals surface area contributed by atoms with Gasteiger partial charge in [0.25, 0.3) is 0 Å². The molecule has 0 N–H and O–H groups in total. The number of carbonyl (C=O) groups excluding carboxylic acids is 2. The van der Waals surface area contributed by atoms with Crippen molar-refractivity contribution in [3.63, 3.8) is 0 Å². The maximum Gasteiger partial charge on any atom is 0.204 e. The molecule has 5 heteroatoms. The standard InChI is InChI=1S/C18H22N2O3/c1-3-4-5-7-15(17-19-10-6-11-20-17)23-18(13-21)9-8-14(2)12-16(18)22/h6,8-13,15H,3-5,7H2,1-2H3. The van der Waals surface area contributed by atoms with Crippen LogP contribution in [0.15, 0.2) is 42.3 Å². The lowest BCUT2D eigenvalue weighted by Crippen LogP contribution is -2.43. The Kier molecular flexibility index (Phi) is 5.93. The van der Waals surface area contributed by atoms with Gasteiger partial charge in [0.1, 0.15) is 6.10 Å². The second-order valence-corrected chi connectivity index (χ2v) is 5.71. The van der Waals surface area contributed by atoms with Gasteiger partial charge in [-0.05, 0) is 37.1 Å². The molecule has 1 heterocycles. The minimum Gasteiger partial charge on any atom is -0.344 e. The fraction of sp³-hybridized carbons (Fsp3) is 0.444. The zero-order valence-electron chi connectivity index (χ0n) is 13.6.